The van der Waals surface area contributed by atoms with Crippen molar-refractivity contribution in [1.29, 1.82) is 0 Å². The molecule has 1 heterocycles. The number of thiazole rings is 1. The number of amides is 1. The number of carbonyl (C=O) groups is 1. The Kier molecular flexibility index (Phi) is 6.36. The summed E-state index contributed by atoms with van der Waals surface area (Å²) in [7, 11) is 0. The number of aromatic nitrogens is 1. The van der Waals surface area contributed by atoms with Crippen LogP contribution in [0.4, 0.5) is 8.78 Å². The van der Waals surface area contributed by atoms with Gasteiger partial charge in [-0.05, 0) is 36.2 Å². The van der Waals surface area contributed by atoms with Crippen LogP contribution in [0.15, 0.2) is 47.8 Å². The number of carbonyl (C=O) groups excluding carboxylic acids is 1. The molecule has 3 aromatic rings. The van der Waals surface area contributed by atoms with Crippen molar-refractivity contribution in [3.05, 3.63) is 70.7 Å². The molecule has 0 aliphatic carbocycles. The second kappa shape index (κ2) is 8.93. The zero-order chi connectivity index (χ0) is 20.1. The van der Waals surface area contributed by atoms with Gasteiger partial charge in [-0.15, -0.1) is 11.3 Å². The maximum atomic E-state index is 13.7. The standard InChI is InChI=1S/C21H20F2N2O2S/c1-13(2)10-24-20(26)19-12-28-21(25-19)14-4-3-5-17(9-14)27-11-15-8-16(22)6-7-18(15)23/h3-9,12-13H,10-11H2,1-2H3,(H,24,26). The summed E-state index contributed by atoms with van der Waals surface area (Å²) in [6.45, 7) is 4.54. The van der Waals surface area contributed by atoms with Gasteiger partial charge in [0, 0.05) is 23.1 Å². The quantitative estimate of drug-likeness (QED) is 0.601. The first-order chi connectivity index (χ1) is 13.4. The van der Waals surface area contributed by atoms with E-state index in [0.717, 1.165) is 23.8 Å². The third kappa shape index (κ3) is 5.13. The van der Waals surface area contributed by atoms with E-state index in [1.165, 1.54) is 11.3 Å². The highest BCUT2D eigenvalue weighted by atomic mass is 32.1. The van der Waals surface area contributed by atoms with Gasteiger partial charge >= 0.3 is 0 Å². The smallest absolute Gasteiger partial charge is 0.270 e. The predicted molar refractivity (Wildman–Crippen MR) is 105 cm³/mol. The van der Waals surface area contributed by atoms with Crippen LogP contribution in [0, 0.1) is 17.6 Å². The van der Waals surface area contributed by atoms with Crippen LogP contribution in [0.5, 0.6) is 5.75 Å². The number of hydrogen-bond donors (Lipinski definition) is 1. The number of halogens is 2. The largest absolute Gasteiger partial charge is 0.489 e. The first kappa shape index (κ1) is 19.9. The lowest BCUT2D eigenvalue weighted by molar-refractivity contribution is 0.0945. The van der Waals surface area contributed by atoms with Gasteiger partial charge in [0.15, 0.2) is 0 Å². The SMILES string of the molecule is CC(C)CNC(=O)c1csc(-c2cccc(OCc3cc(F)ccc3F)c2)n1. The molecule has 0 fully saturated rings. The van der Waals surface area contributed by atoms with Crippen LogP contribution < -0.4 is 10.1 Å². The lowest BCUT2D eigenvalue weighted by Crippen LogP contribution is -2.27. The minimum atomic E-state index is -0.519. The monoisotopic (exact) mass is 402 g/mol. The highest BCUT2D eigenvalue weighted by Gasteiger charge is 2.13. The Bertz CT molecular complexity index is 973. The highest BCUT2D eigenvalue weighted by molar-refractivity contribution is 7.13. The van der Waals surface area contributed by atoms with Crippen molar-refractivity contribution in [2.45, 2.75) is 20.5 Å². The van der Waals surface area contributed by atoms with Crippen molar-refractivity contribution in [3.63, 3.8) is 0 Å². The third-order valence-electron chi connectivity index (χ3n) is 3.89. The summed E-state index contributed by atoms with van der Waals surface area (Å²) in [5.41, 5.74) is 1.29. The zero-order valence-electron chi connectivity index (χ0n) is 15.5. The van der Waals surface area contributed by atoms with Gasteiger partial charge in [-0.2, -0.15) is 0 Å². The van der Waals surface area contributed by atoms with Crippen molar-refractivity contribution >= 4 is 17.2 Å². The second-order valence-corrected chi connectivity index (χ2v) is 7.55. The molecule has 146 valence electrons. The van der Waals surface area contributed by atoms with Crippen LogP contribution >= 0.6 is 11.3 Å². The van der Waals surface area contributed by atoms with Gasteiger partial charge in [-0.1, -0.05) is 26.0 Å². The Morgan fingerprint density at radius 2 is 2.04 bits per heavy atom. The Labute approximate surface area is 166 Å². The number of nitrogens with zero attached hydrogens (tertiary/aromatic N) is 1. The lowest BCUT2D eigenvalue weighted by Gasteiger charge is -2.08. The van der Waals surface area contributed by atoms with Crippen LogP contribution in [-0.4, -0.2) is 17.4 Å². The van der Waals surface area contributed by atoms with Crippen molar-refractivity contribution in [3.8, 4) is 16.3 Å². The summed E-state index contributed by atoms with van der Waals surface area (Å²) in [5, 5.41) is 5.22. The van der Waals surface area contributed by atoms with E-state index >= 15 is 0 Å². The van der Waals surface area contributed by atoms with Crippen LogP contribution in [0.2, 0.25) is 0 Å². The molecule has 0 aliphatic heterocycles. The summed E-state index contributed by atoms with van der Waals surface area (Å²) >= 11 is 1.36. The van der Waals surface area contributed by atoms with Gasteiger partial charge in [0.2, 0.25) is 0 Å². The Balaban J connectivity index is 1.69. The Morgan fingerprint density at radius 3 is 2.82 bits per heavy atom. The summed E-state index contributed by atoms with van der Waals surface area (Å²) < 4.78 is 32.6. The molecule has 0 unspecified atom stereocenters. The summed E-state index contributed by atoms with van der Waals surface area (Å²) in [5.74, 6) is -0.375. The first-order valence-electron chi connectivity index (χ1n) is 8.83. The molecular formula is C21H20F2N2O2S. The Hall–Kier alpha value is -2.80. The van der Waals surface area contributed by atoms with E-state index in [9.17, 15) is 13.6 Å². The molecule has 0 bridgehead atoms. The molecule has 0 radical (unpaired) electrons. The molecule has 0 spiro atoms. The fourth-order valence-corrected chi connectivity index (χ4v) is 3.23. The van der Waals surface area contributed by atoms with Crippen molar-refractivity contribution in [2.24, 2.45) is 5.92 Å². The van der Waals surface area contributed by atoms with Gasteiger partial charge in [0.1, 0.15) is 34.7 Å². The molecule has 0 saturated carbocycles. The molecule has 1 amide bonds. The average Bonchev–Trinajstić information content (AvgIpc) is 3.17. The molecule has 7 heteroatoms. The molecule has 4 nitrogen and oxygen atoms in total. The van der Waals surface area contributed by atoms with Crippen LogP contribution in [0.25, 0.3) is 10.6 Å². The molecule has 3 rings (SSSR count). The fourth-order valence-electron chi connectivity index (χ4n) is 2.43. The number of rotatable bonds is 7. The molecule has 0 atom stereocenters. The average molecular weight is 402 g/mol. The molecule has 0 aliphatic rings. The molecule has 1 aromatic heterocycles. The molecule has 2 aromatic carbocycles. The van der Waals surface area contributed by atoms with E-state index in [-0.39, 0.29) is 18.1 Å². The second-order valence-electron chi connectivity index (χ2n) is 6.69. The number of hydrogen-bond acceptors (Lipinski definition) is 4. The van der Waals surface area contributed by atoms with E-state index in [0.29, 0.717) is 28.9 Å². The van der Waals surface area contributed by atoms with Crippen LogP contribution in [-0.2, 0) is 6.61 Å². The van der Waals surface area contributed by atoms with Gasteiger partial charge in [0.05, 0.1) is 0 Å². The third-order valence-corrected chi connectivity index (χ3v) is 4.78. The van der Waals surface area contributed by atoms with Gasteiger partial charge in [-0.25, -0.2) is 13.8 Å². The maximum Gasteiger partial charge on any atom is 0.270 e. The predicted octanol–water partition coefficient (Wildman–Crippen LogP) is 5.05. The lowest BCUT2D eigenvalue weighted by atomic mass is 10.2. The number of nitrogens with one attached hydrogen (secondary N) is 1. The number of ether oxygens (including phenoxy) is 1. The van der Waals surface area contributed by atoms with E-state index in [4.69, 9.17) is 4.74 Å². The van der Waals surface area contributed by atoms with Crippen molar-refractivity contribution in [1.82, 2.24) is 10.3 Å². The van der Waals surface area contributed by atoms with E-state index in [1.807, 2.05) is 19.9 Å². The van der Waals surface area contributed by atoms with Gasteiger partial charge in [-0.3, -0.25) is 4.79 Å². The van der Waals surface area contributed by atoms with Gasteiger partial charge < -0.3 is 10.1 Å². The van der Waals surface area contributed by atoms with Crippen molar-refractivity contribution in [2.75, 3.05) is 6.54 Å². The van der Waals surface area contributed by atoms with Crippen LogP contribution in [0.1, 0.15) is 29.9 Å². The van der Waals surface area contributed by atoms with Gasteiger partial charge in [0.25, 0.3) is 5.91 Å². The first-order valence-corrected chi connectivity index (χ1v) is 9.71. The molecular weight excluding hydrogens is 382 g/mol. The normalized spacial score (nSPS) is 10.9. The van der Waals surface area contributed by atoms with E-state index in [2.05, 4.69) is 10.3 Å². The topological polar surface area (TPSA) is 51.2 Å². The maximum absolute atomic E-state index is 13.7. The molecule has 28 heavy (non-hydrogen) atoms. The summed E-state index contributed by atoms with van der Waals surface area (Å²) in [6, 6.07) is 10.4. The minimum absolute atomic E-state index is 0.0895. The molecule has 0 saturated heterocycles. The Morgan fingerprint density at radius 1 is 1.21 bits per heavy atom. The zero-order valence-corrected chi connectivity index (χ0v) is 16.4. The van der Waals surface area contributed by atoms with Crippen molar-refractivity contribution < 1.29 is 18.3 Å². The number of benzene rings is 2. The van der Waals surface area contributed by atoms with E-state index in [1.54, 1.807) is 23.6 Å². The van der Waals surface area contributed by atoms with E-state index < -0.39 is 11.6 Å². The summed E-state index contributed by atoms with van der Waals surface area (Å²) in [6.07, 6.45) is 0. The summed E-state index contributed by atoms with van der Waals surface area (Å²) in [4.78, 5) is 16.5. The van der Waals surface area contributed by atoms with Crippen LogP contribution in [0.3, 0.4) is 0 Å². The molecule has 1 N–H and O–H groups in total. The minimum Gasteiger partial charge on any atom is -0.489 e. The highest BCUT2D eigenvalue weighted by Crippen LogP contribution is 2.27. The fraction of sp³-hybridized carbons (Fsp3) is 0.238.